The number of rotatable bonds is 4. The molecule has 2 aliphatic heterocycles. The Kier molecular flexibility index (Phi) is 6.51. The van der Waals surface area contributed by atoms with Crippen LogP contribution < -0.4 is 5.32 Å². The summed E-state index contributed by atoms with van der Waals surface area (Å²) in [6.07, 6.45) is 1.88. The molecule has 0 radical (unpaired) electrons. The maximum Gasteiger partial charge on any atom is 0.317 e. The van der Waals surface area contributed by atoms with Gasteiger partial charge in [0.25, 0.3) is 0 Å². The monoisotopic (exact) mass is 436 g/mol. The molecule has 0 bridgehead atoms. The van der Waals surface area contributed by atoms with Crippen LogP contribution in [-0.4, -0.2) is 80.4 Å². The molecular formula is C22H36N4O3S. The van der Waals surface area contributed by atoms with Gasteiger partial charge in [0.05, 0.1) is 4.90 Å². The third-order valence-electron chi connectivity index (χ3n) is 7.30. The zero-order valence-electron chi connectivity index (χ0n) is 19.2. The smallest absolute Gasteiger partial charge is 0.317 e. The van der Waals surface area contributed by atoms with Crippen molar-refractivity contribution in [2.24, 2.45) is 0 Å². The van der Waals surface area contributed by atoms with Crippen molar-refractivity contribution in [1.29, 1.82) is 0 Å². The standard InChI is InChI=1S/C22H36N4O3S/c1-7-22(8-9-24(15-22)21(27)23-6)25-10-12-26(13-11-25)30(28,29)20-18(4)16(2)14-17(3)19(20)5/h14H,7-13,15H2,1-6H3,(H,23,27). The molecule has 1 unspecified atom stereocenters. The molecule has 2 saturated heterocycles. The van der Waals surface area contributed by atoms with Crippen LogP contribution in [0.3, 0.4) is 0 Å². The summed E-state index contributed by atoms with van der Waals surface area (Å²) in [5, 5.41) is 2.72. The molecule has 0 aliphatic carbocycles. The average molecular weight is 437 g/mol. The maximum atomic E-state index is 13.5. The number of urea groups is 1. The number of aryl methyl sites for hydroxylation is 2. The maximum absolute atomic E-state index is 13.5. The summed E-state index contributed by atoms with van der Waals surface area (Å²) in [5.41, 5.74) is 3.67. The number of nitrogens with one attached hydrogen (secondary N) is 1. The Morgan fingerprint density at radius 3 is 2.10 bits per heavy atom. The Hall–Kier alpha value is -1.64. The number of amides is 2. The van der Waals surface area contributed by atoms with Crippen molar-refractivity contribution < 1.29 is 13.2 Å². The molecule has 0 spiro atoms. The molecule has 0 saturated carbocycles. The first-order valence-corrected chi connectivity index (χ1v) is 12.3. The van der Waals surface area contributed by atoms with Crippen molar-refractivity contribution in [2.75, 3.05) is 46.3 Å². The number of nitrogens with zero attached hydrogens (tertiary/aromatic N) is 3. The van der Waals surface area contributed by atoms with E-state index in [9.17, 15) is 13.2 Å². The minimum atomic E-state index is -3.54. The Bertz CT molecular complexity index is 897. The van der Waals surface area contributed by atoms with E-state index in [0.717, 1.165) is 41.6 Å². The van der Waals surface area contributed by atoms with Crippen molar-refractivity contribution in [2.45, 2.75) is 57.9 Å². The van der Waals surface area contributed by atoms with E-state index >= 15 is 0 Å². The van der Waals surface area contributed by atoms with Gasteiger partial charge < -0.3 is 10.2 Å². The Labute approximate surface area is 181 Å². The number of piperazine rings is 1. The molecule has 1 aromatic rings. The molecule has 3 rings (SSSR count). The second-order valence-corrected chi connectivity index (χ2v) is 10.7. The van der Waals surface area contributed by atoms with Crippen molar-refractivity contribution in [3.05, 3.63) is 28.3 Å². The summed E-state index contributed by atoms with van der Waals surface area (Å²) in [7, 11) is -1.88. The van der Waals surface area contributed by atoms with Gasteiger partial charge in [-0.2, -0.15) is 4.31 Å². The first-order chi connectivity index (χ1) is 14.1. The Morgan fingerprint density at radius 2 is 1.60 bits per heavy atom. The van der Waals surface area contributed by atoms with Crippen LogP contribution in [-0.2, 0) is 10.0 Å². The average Bonchev–Trinajstić information content (AvgIpc) is 3.18. The van der Waals surface area contributed by atoms with Crippen LogP contribution in [0.25, 0.3) is 0 Å². The highest BCUT2D eigenvalue weighted by Gasteiger charge is 2.45. The predicted octanol–water partition coefficient (Wildman–Crippen LogP) is 2.42. The van der Waals surface area contributed by atoms with Crippen molar-refractivity contribution in [1.82, 2.24) is 19.4 Å². The fourth-order valence-electron chi connectivity index (χ4n) is 5.06. The molecule has 2 heterocycles. The molecule has 1 N–H and O–H groups in total. The van der Waals surface area contributed by atoms with E-state index in [1.54, 1.807) is 11.4 Å². The van der Waals surface area contributed by atoms with E-state index in [1.807, 2.05) is 32.6 Å². The molecule has 0 aromatic heterocycles. The van der Waals surface area contributed by atoms with Gasteiger partial charge in [-0.3, -0.25) is 4.90 Å². The second kappa shape index (κ2) is 8.48. The summed E-state index contributed by atoms with van der Waals surface area (Å²) in [4.78, 5) is 16.8. The number of carbonyl (C=O) groups is 1. The number of hydrogen-bond donors (Lipinski definition) is 1. The van der Waals surface area contributed by atoms with Gasteiger partial charge in [0.2, 0.25) is 10.0 Å². The number of carbonyl (C=O) groups excluding carboxylic acids is 1. The molecule has 7 nitrogen and oxygen atoms in total. The first-order valence-electron chi connectivity index (χ1n) is 10.9. The van der Waals surface area contributed by atoms with Crippen molar-refractivity contribution in [3.8, 4) is 0 Å². The van der Waals surface area contributed by atoms with Gasteiger partial charge in [-0.15, -0.1) is 0 Å². The molecule has 2 aliphatic rings. The van der Waals surface area contributed by atoms with Gasteiger partial charge in [-0.25, -0.2) is 13.2 Å². The highest BCUT2D eigenvalue weighted by molar-refractivity contribution is 7.89. The Balaban J connectivity index is 1.78. The quantitative estimate of drug-likeness (QED) is 0.787. The summed E-state index contributed by atoms with van der Waals surface area (Å²) in [6.45, 7) is 13.7. The zero-order valence-corrected chi connectivity index (χ0v) is 20.0. The number of hydrogen-bond acceptors (Lipinski definition) is 4. The fourth-order valence-corrected chi connectivity index (χ4v) is 7.06. The van der Waals surface area contributed by atoms with E-state index in [2.05, 4.69) is 23.2 Å². The van der Waals surface area contributed by atoms with E-state index in [-0.39, 0.29) is 11.6 Å². The first kappa shape index (κ1) is 23.0. The molecular weight excluding hydrogens is 400 g/mol. The van der Waals surface area contributed by atoms with Gasteiger partial charge in [0, 0.05) is 51.9 Å². The normalized spacial score (nSPS) is 23.7. The molecule has 1 atom stereocenters. The minimum Gasteiger partial charge on any atom is -0.341 e. The highest BCUT2D eigenvalue weighted by atomic mass is 32.2. The van der Waals surface area contributed by atoms with Gasteiger partial charge in [-0.1, -0.05) is 13.0 Å². The molecule has 2 fully saturated rings. The molecule has 168 valence electrons. The van der Waals surface area contributed by atoms with Crippen LogP contribution in [0.4, 0.5) is 4.79 Å². The summed E-state index contributed by atoms with van der Waals surface area (Å²) < 4.78 is 28.7. The Morgan fingerprint density at radius 1 is 1.03 bits per heavy atom. The predicted molar refractivity (Wildman–Crippen MR) is 119 cm³/mol. The third kappa shape index (κ3) is 3.85. The van der Waals surface area contributed by atoms with Crippen molar-refractivity contribution in [3.63, 3.8) is 0 Å². The van der Waals surface area contributed by atoms with Gasteiger partial charge >= 0.3 is 6.03 Å². The van der Waals surface area contributed by atoms with Crippen LogP contribution in [0.15, 0.2) is 11.0 Å². The van der Waals surface area contributed by atoms with Crippen molar-refractivity contribution >= 4 is 16.1 Å². The van der Waals surface area contributed by atoms with Crippen LogP contribution in [0, 0.1) is 27.7 Å². The van der Waals surface area contributed by atoms with Crippen LogP contribution in [0.1, 0.15) is 42.0 Å². The van der Waals surface area contributed by atoms with E-state index in [0.29, 0.717) is 37.6 Å². The summed E-state index contributed by atoms with van der Waals surface area (Å²) in [5.74, 6) is 0. The summed E-state index contributed by atoms with van der Waals surface area (Å²) in [6, 6.07) is 2.03. The van der Waals surface area contributed by atoms with Gasteiger partial charge in [-0.05, 0) is 62.8 Å². The lowest BCUT2D eigenvalue weighted by Gasteiger charge is -2.45. The fraction of sp³-hybridized carbons (Fsp3) is 0.682. The lowest BCUT2D eigenvalue weighted by atomic mass is 9.92. The third-order valence-corrected chi connectivity index (χ3v) is 9.47. The van der Waals surface area contributed by atoms with E-state index in [1.165, 1.54) is 0 Å². The number of sulfonamides is 1. The second-order valence-electron chi connectivity index (χ2n) is 8.79. The molecule has 1 aromatic carbocycles. The SMILES string of the molecule is CCC1(N2CCN(S(=O)(=O)c3c(C)c(C)cc(C)c3C)CC2)CCN(C(=O)NC)C1. The topological polar surface area (TPSA) is 73.0 Å². The molecule has 8 heteroatoms. The lowest BCUT2D eigenvalue weighted by Crippen LogP contribution is -2.59. The minimum absolute atomic E-state index is 0.0349. The molecule has 2 amide bonds. The largest absolute Gasteiger partial charge is 0.341 e. The number of likely N-dealkylation sites (tertiary alicyclic amines) is 1. The van der Waals surface area contributed by atoms with Gasteiger partial charge in [0.1, 0.15) is 0 Å². The van der Waals surface area contributed by atoms with Crippen LogP contribution in [0.2, 0.25) is 0 Å². The zero-order chi connectivity index (χ0) is 22.3. The van der Waals surface area contributed by atoms with E-state index < -0.39 is 10.0 Å². The lowest BCUT2D eigenvalue weighted by molar-refractivity contribution is 0.0574. The highest BCUT2D eigenvalue weighted by Crippen LogP contribution is 2.34. The molecule has 30 heavy (non-hydrogen) atoms. The van der Waals surface area contributed by atoms with Crippen LogP contribution in [0.5, 0.6) is 0 Å². The number of benzene rings is 1. The van der Waals surface area contributed by atoms with Crippen LogP contribution >= 0.6 is 0 Å². The summed E-state index contributed by atoms with van der Waals surface area (Å²) >= 11 is 0. The van der Waals surface area contributed by atoms with E-state index in [4.69, 9.17) is 0 Å². The van der Waals surface area contributed by atoms with Gasteiger partial charge in [0.15, 0.2) is 0 Å².